The maximum atomic E-state index is 12.6. The monoisotopic (exact) mass is 447 g/mol. The molecule has 2 N–H and O–H groups in total. The number of thioether (sulfide) groups is 1. The molecule has 2 atom stereocenters. The van der Waals surface area contributed by atoms with Gasteiger partial charge in [0.2, 0.25) is 5.91 Å². The van der Waals surface area contributed by atoms with Gasteiger partial charge >= 0.3 is 11.9 Å². The largest absolute Gasteiger partial charge is 0.477 e. The highest BCUT2D eigenvalue weighted by Crippen LogP contribution is 2.40. The fourth-order valence-electron chi connectivity index (χ4n) is 3.31. The number of carbonyl (C=O) groups is 4. The Bertz CT molecular complexity index is 975. The molecule has 1 aromatic rings. The van der Waals surface area contributed by atoms with Gasteiger partial charge in [-0.1, -0.05) is 29.4 Å². The number of esters is 1. The number of carboxylic acids is 1. The molecule has 1 fully saturated rings. The Morgan fingerprint density at radius 2 is 2.10 bits per heavy atom. The number of fused-ring (bicyclic) bond motifs is 1. The maximum absolute atomic E-state index is 12.6. The number of hydrogen-bond donors (Lipinski definition) is 2. The van der Waals surface area contributed by atoms with Crippen molar-refractivity contribution < 1.29 is 33.9 Å². The summed E-state index contributed by atoms with van der Waals surface area (Å²) in [5, 5.41) is 15.4. The fourth-order valence-corrected chi connectivity index (χ4v) is 4.64. The smallest absolute Gasteiger partial charge is 0.352 e. The molecular formula is C20H21N3O7S. The lowest BCUT2D eigenvalue weighted by Gasteiger charge is -2.49. The Kier molecular flexibility index (Phi) is 6.95. The number of hydrogen-bond acceptors (Lipinski definition) is 8. The fraction of sp³-hybridized carbons (Fsp3) is 0.350. The highest BCUT2D eigenvalue weighted by Gasteiger charge is 2.54. The van der Waals surface area contributed by atoms with E-state index in [4.69, 9.17) is 4.74 Å². The van der Waals surface area contributed by atoms with Crippen LogP contribution in [0.5, 0.6) is 0 Å². The van der Waals surface area contributed by atoms with E-state index < -0.39 is 29.3 Å². The number of nitrogens with zero attached hydrogens (tertiary/aromatic N) is 2. The molecule has 164 valence electrons. The van der Waals surface area contributed by atoms with Crippen molar-refractivity contribution in [2.24, 2.45) is 5.16 Å². The predicted octanol–water partition coefficient (Wildman–Crippen LogP) is 0.511. The number of carboxylic acid groups (broad SMARTS) is 1. The van der Waals surface area contributed by atoms with Crippen molar-refractivity contribution in [2.45, 2.75) is 24.8 Å². The van der Waals surface area contributed by atoms with E-state index in [0.717, 1.165) is 4.90 Å². The van der Waals surface area contributed by atoms with Gasteiger partial charge in [0.05, 0.1) is 12.6 Å². The number of oxime groups is 1. The van der Waals surface area contributed by atoms with Gasteiger partial charge in [-0.05, 0) is 11.1 Å². The molecule has 1 saturated heterocycles. The van der Waals surface area contributed by atoms with Gasteiger partial charge in [-0.25, -0.2) is 4.79 Å². The van der Waals surface area contributed by atoms with Crippen LogP contribution in [0.1, 0.15) is 18.1 Å². The van der Waals surface area contributed by atoms with Crippen molar-refractivity contribution in [3.63, 3.8) is 0 Å². The second-order valence-corrected chi connectivity index (χ2v) is 7.89. The number of β-lactam (4-membered cyclic amide) rings is 1. The Labute approximate surface area is 182 Å². The zero-order valence-electron chi connectivity index (χ0n) is 16.9. The third-order valence-corrected chi connectivity index (χ3v) is 6.06. The first-order chi connectivity index (χ1) is 14.8. The average molecular weight is 447 g/mol. The minimum Gasteiger partial charge on any atom is -0.477 e. The van der Waals surface area contributed by atoms with E-state index in [-0.39, 0.29) is 30.4 Å². The summed E-state index contributed by atoms with van der Waals surface area (Å²) in [4.78, 5) is 53.8. The predicted molar refractivity (Wildman–Crippen MR) is 111 cm³/mol. The zero-order chi connectivity index (χ0) is 22.5. The number of carbonyl (C=O) groups excluding carboxylic acids is 3. The summed E-state index contributed by atoms with van der Waals surface area (Å²) >= 11 is 1.31. The molecule has 10 nitrogen and oxygen atoms in total. The maximum Gasteiger partial charge on any atom is 0.352 e. The summed E-state index contributed by atoms with van der Waals surface area (Å²) in [5.74, 6) is -2.44. The molecule has 0 aliphatic carbocycles. The molecule has 31 heavy (non-hydrogen) atoms. The van der Waals surface area contributed by atoms with Gasteiger partial charge in [-0.15, -0.1) is 11.8 Å². The molecule has 2 amide bonds. The number of benzene rings is 1. The number of ether oxygens (including phenoxy) is 1. The highest BCUT2D eigenvalue weighted by molar-refractivity contribution is 8.00. The summed E-state index contributed by atoms with van der Waals surface area (Å²) in [7, 11) is 1.42. The molecule has 0 spiro atoms. The average Bonchev–Trinajstić information content (AvgIpc) is 2.74. The van der Waals surface area contributed by atoms with Crippen molar-refractivity contribution in [3.8, 4) is 0 Å². The summed E-state index contributed by atoms with van der Waals surface area (Å²) in [6.07, 6.45) is 1.51. The van der Waals surface area contributed by atoms with Crippen molar-refractivity contribution in [2.75, 3.05) is 19.5 Å². The SMILES string of the molecule is CO/N=C/c1ccccc1CC(=O)NC1C(=O)N2C(C(=O)O)=C(COC(C)=O)CS[C@@H]12. The van der Waals surface area contributed by atoms with Gasteiger partial charge in [-0.2, -0.15) is 0 Å². The Hall–Kier alpha value is -3.34. The number of amides is 2. The topological polar surface area (TPSA) is 135 Å². The molecule has 1 aromatic carbocycles. The van der Waals surface area contributed by atoms with Crippen LogP contribution in [-0.2, 0) is 35.2 Å². The van der Waals surface area contributed by atoms with Crippen LogP contribution >= 0.6 is 11.8 Å². The van der Waals surface area contributed by atoms with E-state index >= 15 is 0 Å². The van der Waals surface area contributed by atoms with Crippen molar-refractivity contribution >= 4 is 41.7 Å². The molecule has 3 rings (SSSR count). The van der Waals surface area contributed by atoms with Crippen molar-refractivity contribution in [1.29, 1.82) is 0 Å². The van der Waals surface area contributed by atoms with E-state index in [1.54, 1.807) is 24.3 Å². The summed E-state index contributed by atoms with van der Waals surface area (Å²) in [6, 6.07) is 6.31. The minimum atomic E-state index is -1.28. The highest BCUT2D eigenvalue weighted by atomic mass is 32.2. The molecule has 2 aliphatic heterocycles. The molecule has 2 heterocycles. The summed E-state index contributed by atoms with van der Waals surface area (Å²) in [6.45, 7) is 1.02. The van der Waals surface area contributed by atoms with Crippen LogP contribution < -0.4 is 5.32 Å². The van der Waals surface area contributed by atoms with Gasteiger partial charge in [0.25, 0.3) is 5.91 Å². The van der Waals surface area contributed by atoms with Gasteiger partial charge < -0.3 is 20.0 Å². The van der Waals surface area contributed by atoms with Gasteiger partial charge in [0.1, 0.15) is 30.8 Å². The lowest BCUT2D eigenvalue weighted by molar-refractivity contribution is -0.151. The lowest BCUT2D eigenvalue weighted by atomic mass is 10.0. The Morgan fingerprint density at radius 1 is 1.35 bits per heavy atom. The molecule has 11 heteroatoms. The Balaban J connectivity index is 1.69. The molecule has 1 unspecified atom stereocenters. The molecule has 0 saturated carbocycles. The second-order valence-electron chi connectivity index (χ2n) is 6.79. The first kappa shape index (κ1) is 22.3. The lowest BCUT2D eigenvalue weighted by Crippen LogP contribution is -2.70. The molecule has 2 aliphatic rings. The quantitative estimate of drug-likeness (QED) is 0.255. The Morgan fingerprint density at radius 3 is 2.77 bits per heavy atom. The first-order valence-corrected chi connectivity index (χ1v) is 10.4. The standard InChI is InChI=1S/C20H21N3O7S/c1-11(24)30-9-14-10-31-19-16(18(26)23(19)17(14)20(27)28)22-15(25)7-12-5-3-4-6-13(12)8-21-29-2/h3-6,8,16,19H,7,9-10H2,1-2H3,(H,22,25)(H,27,28)/b21-8+/t16?,19-/m0/s1. The normalized spacial score (nSPS) is 20.2. The molecule has 0 radical (unpaired) electrons. The summed E-state index contributed by atoms with van der Waals surface area (Å²) < 4.78 is 4.90. The van der Waals surface area contributed by atoms with Gasteiger partial charge in [0, 0.05) is 18.2 Å². The minimum absolute atomic E-state index is 0.0202. The first-order valence-electron chi connectivity index (χ1n) is 9.30. The van der Waals surface area contributed by atoms with Crippen LogP contribution in [0.4, 0.5) is 0 Å². The van der Waals surface area contributed by atoms with Crippen molar-refractivity contribution in [3.05, 3.63) is 46.7 Å². The summed E-state index contributed by atoms with van der Waals surface area (Å²) in [5.41, 5.74) is 1.56. The van der Waals surface area contributed by atoms with E-state index in [2.05, 4.69) is 15.3 Å². The van der Waals surface area contributed by atoms with Crippen LogP contribution in [0, 0.1) is 0 Å². The van der Waals surface area contributed by atoms with Gasteiger partial charge in [0.15, 0.2) is 0 Å². The van der Waals surface area contributed by atoms with Crippen molar-refractivity contribution in [1.82, 2.24) is 10.2 Å². The second kappa shape index (κ2) is 9.65. The molecule has 0 aromatic heterocycles. The van der Waals surface area contributed by atoms with Crippen LogP contribution in [0.15, 0.2) is 40.7 Å². The number of rotatable bonds is 8. The van der Waals surface area contributed by atoms with Gasteiger partial charge in [-0.3, -0.25) is 19.3 Å². The zero-order valence-corrected chi connectivity index (χ0v) is 17.7. The van der Waals surface area contributed by atoms with E-state index in [9.17, 15) is 24.3 Å². The molecular weight excluding hydrogens is 426 g/mol. The van der Waals surface area contributed by atoms with Crippen LogP contribution in [0.25, 0.3) is 0 Å². The molecule has 0 bridgehead atoms. The van der Waals surface area contributed by atoms with E-state index in [1.165, 1.54) is 32.0 Å². The number of nitrogens with one attached hydrogen (secondary N) is 1. The van der Waals surface area contributed by atoms with E-state index in [0.29, 0.717) is 16.7 Å². The van der Waals surface area contributed by atoms with Crippen LogP contribution in [-0.4, -0.2) is 70.9 Å². The van der Waals surface area contributed by atoms with Crippen LogP contribution in [0.2, 0.25) is 0 Å². The van der Waals surface area contributed by atoms with E-state index in [1.807, 2.05) is 0 Å². The van der Waals surface area contributed by atoms with Crippen LogP contribution in [0.3, 0.4) is 0 Å². The number of aliphatic carboxylic acids is 1. The third-order valence-electron chi connectivity index (χ3n) is 4.72. The third kappa shape index (κ3) is 4.88.